The number of nitrogens with two attached hydrogens (primary N) is 1. The molecule has 3 heterocycles. The van der Waals surface area contributed by atoms with Crippen LogP contribution in [0.15, 0.2) is 12.3 Å². The highest BCUT2D eigenvalue weighted by Gasteiger charge is 2.52. The summed E-state index contributed by atoms with van der Waals surface area (Å²) in [5.41, 5.74) is 6.43. The molecule has 0 bridgehead atoms. The summed E-state index contributed by atoms with van der Waals surface area (Å²) in [6.45, 7) is 9.59. The van der Waals surface area contributed by atoms with Crippen LogP contribution in [0.2, 0.25) is 0 Å². The van der Waals surface area contributed by atoms with Gasteiger partial charge < -0.3 is 19.9 Å². The third kappa shape index (κ3) is 2.83. The van der Waals surface area contributed by atoms with Gasteiger partial charge in [0.2, 0.25) is 0 Å². The van der Waals surface area contributed by atoms with Gasteiger partial charge in [-0.05, 0) is 40.2 Å². The molecule has 0 unspecified atom stereocenters. The van der Waals surface area contributed by atoms with E-state index in [1.54, 1.807) is 6.20 Å². The normalized spacial score (nSPS) is 25.7. The van der Waals surface area contributed by atoms with Gasteiger partial charge in [-0.1, -0.05) is 0 Å². The topological polar surface area (TPSA) is 84.4 Å². The Morgan fingerprint density at radius 3 is 2.52 bits per heavy atom. The monoisotopic (exact) mass is 314 g/mol. The fourth-order valence-corrected chi connectivity index (χ4v) is 2.90. The van der Waals surface area contributed by atoms with Gasteiger partial charge >= 0.3 is 7.12 Å². The van der Waals surface area contributed by atoms with Crippen molar-refractivity contribution in [2.75, 3.05) is 18.0 Å². The largest absolute Gasteiger partial charge is 0.496 e. The lowest BCUT2D eigenvalue weighted by molar-refractivity contribution is 0.00578. The molecule has 1 aromatic heterocycles. The molecule has 2 aliphatic heterocycles. The highest BCUT2D eigenvalue weighted by Crippen LogP contribution is 2.36. The Hall–Kier alpha value is -1.62. The van der Waals surface area contributed by atoms with E-state index in [1.807, 2.05) is 33.8 Å². The second-order valence-electron chi connectivity index (χ2n) is 7.33. The Labute approximate surface area is 137 Å². The van der Waals surface area contributed by atoms with Gasteiger partial charge in [-0.2, -0.15) is 5.26 Å². The lowest BCUT2D eigenvalue weighted by Gasteiger charge is -2.32. The van der Waals surface area contributed by atoms with Crippen LogP contribution >= 0.6 is 0 Å². The zero-order valence-electron chi connectivity index (χ0n) is 14.2. The molecule has 2 fully saturated rings. The molecule has 6 nitrogen and oxygen atoms in total. The van der Waals surface area contributed by atoms with Crippen LogP contribution in [0, 0.1) is 11.3 Å². The summed E-state index contributed by atoms with van der Waals surface area (Å²) in [7, 11) is -0.505. The third-order valence-electron chi connectivity index (χ3n) is 5.06. The van der Waals surface area contributed by atoms with Crippen LogP contribution in [0.25, 0.3) is 0 Å². The van der Waals surface area contributed by atoms with Gasteiger partial charge in [-0.15, -0.1) is 0 Å². The fraction of sp³-hybridized carbons (Fsp3) is 0.625. The molecular formula is C16H23BN4O2. The quantitative estimate of drug-likeness (QED) is 0.813. The molecule has 1 aromatic rings. The molecule has 0 saturated carbocycles. The number of hydrogen-bond donors (Lipinski definition) is 1. The number of anilines is 1. The smallest absolute Gasteiger partial charge is 0.399 e. The average Bonchev–Trinajstić information content (AvgIpc) is 2.99. The Balaban J connectivity index is 1.88. The Morgan fingerprint density at radius 1 is 1.35 bits per heavy atom. The van der Waals surface area contributed by atoms with Gasteiger partial charge in [-0.25, -0.2) is 4.98 Å². The summed E-state index contributed by atoms with van der Waals surface area (Å²) in [4.78, 5) is 6.56. The molecule has 122 valence electrons. The first kappa shape index (κ1) is 16.3. The molecular weight excluding hydrogens is 291 g/mol. The van der Waals surface area contributed by atoms with Gasteiger partial charge in [0.15, 0.2) is 0 Å². The van der Waals surface area contributed by atoms with Gasteiger partial charge in [0.25, 0.3) is 0 Å². The van der Waals surface area contributed by atoms with E-state index in [4.69, 9.17) is 15.0 Å². The van der Waals surface area contributed by atoms with Crippen molar-refractivity contribution in [1.29, 1.82) is 5.26 Å². The summed E-state index contributed by atoms with van der Waals surface area (Å²) in [5, 5.41) is 9.49. The van der Waals surface area contributed by atoms with E-state index in [9.17, 15) is 5.26 Å². The van der Waals surface area contributed by atoms with Crippen LogP contribution in [0.1, 0.15) is 39.7 Å². The van der Waals surface area contributed by atoms with E-state index < -0.39 is 18.3 Å². The van der Waals surface area contributed by atoms with Crippen LogP contribution in [0.3, 0.4) is 0 Å². The van der Waals surface area contributed by atoms with Crippen molar-refractivity contribution in [2.24, 2.45) is 5.73 Å². The first-order chi connectivity index (χ1) is 10.7. The average molecular weight is 314 g/mol. The van der Waals surface area contributed by atoms with Crippen LogP contribution in [0.4, 0.5) is 5.82 Å². The first-order valence-electron chi connectivity index (χ1n) is 8.00. The first-order valence-corrected chi connectivity index (χ1v) is 8.00. The third-order valence-corrected chi connectivity index (χ3v) is 5.06. The molecule has 0 radical (unpaired) electrons. The van der Waals surface area contributed by atoms with Crippen molar-refractivity contribution in [1.82, 2.24) is 4.98 Å². The molecule has 2 saturated heterocycles. The van der Waals surface area contributed by atoms with Gasteiger partial charge in [0.05, 0.1) is 16.8 Å². The maximum absolute atomic E-state index is 9.49. The summed E-state index contributed by atoms with van der Waals surface area (Å²) in [5.74, 6) is 0.695. The zero-order valence-corrected chi connectivity index (χ0v) is 14.2. The van der Waals surface area contributed by atoms with Crippen LogP contribution in [-0.4, -0.2) is 42.4 Å². The van der Waals surface area contributed by atoms with Gasteiger partial charge in [-0.3, -0.25) is 0 Å². The lowest BCUT2D eigenvalue weighted by Crippen LogP contribution is -2.41. The predicted octanol–water partition coefficient (Wildman–Crippen LogP) is 0.790. The molecule has 0 amide bonds. The van der Waals surface area contributed by atoms with Crippen molar-refractivity contribution in [3.05, 3.63) is 17.8 Å². The lowest BCUT2D eigenvalue weighted by atomic mass is 9.79. The molecule has 2 aliphatic rings. The van der Waals surface area contributed by atoms with Crippen LogP contribution in [0.5, 0.6) is 0 Å². The fourth-order valence-electron chi connectivity index (χ4n) is 2.90. The Morgan fingerprint density at radius 2 is 2.00 bits per heavy atom. The molecule has 23 heavy (non-hydrogen) atoms. The second-order valence-corrected chi connectivity index (χ2v) is 7.33. The Bertz CT molecular complexity index is 640. The number of nitrogens with zero attached hydrogens (tertiary/aromatic N) is 3. The van der Waals surface area contributed by atoms with Crippen LogP contribution in [-0.2, 0) is 9.31 Å². The molecule has 1 atom stereocenters. The maximum atomic E-state index is 9.49. The number of aromatic nitrogens is 1. The molecule has 0 spiro atoms. The minimum absolute atomic E-state index is 0.145. The number of nitriles is 1. The van der Waals surface area contributed by atoms with Gasteiger partial charge in [0.1, 0.15) is 11.9 Å². The van der Waals surface area contributed by atoms with Crippen molar-refractivity contribution in [2.45, 2.75) is 51.4 Å². The summed E-state index contributed by atoms with van der Waals surface area (Å²) in [6, 6.07) is 4.19. The standard InChI is InChI=1S/C16H23BN4O2/c1-15(2)16(3,4)23-17(22-15)12-7-11(8-18)14(20-9-12)21-6-5-13(19)10-21/h7,9,13H,5-6,10,19H2,1-4H3/t13-/m0/s1. The number of pyridine rings is 1. The highest BCUT2D eigenvalue weighted by molar-refractivity contribution is 6.62. The van der Waals surface area contributed by atoms with E-state index in [1.165, 1.54) is 0 Å². The summed E-state index contributed by atoms with van der Waals surface area (Å²) >= 11 is 0. The molecule has 7 heteroatoms. The van der Waals surface area contributed by atoms with E-state index in [2.05, 4.69) is 16.0 Å². The van der Waals surface area contributed by atoms with Crippen molar-refractivity contribution in [3.8, 4) is 6.07 Å². The maximum Gasteiger partial charge on any atom is 0.496 e. The number of hydrogen-bond acceptors (Lipinski definition) is 6. The molecule has 0 aliphatic carbocycles. The van der Waals surface area contributed by atoms with Crippen LogP contribution < -0.4 is 16.1 Å². The number of rotatable bonds is 2. The minimum atomic E-state index is -0.505. The van der Waals surface area contributed by atoms with Crippen molar-refractivity contribution >= 4 is 18.4 Å². The summed E-state index contributed by atoms with van der Waals surface area (Å²) < 4.78 is 12.1. The van der Waals surface area contributed by atoms with E-state index in [-0.39, 0.29) is 6.04 Å². The summed E-state index contributed by atoms with van der Waals surface area (Å²) in [6.07, 6.45) is 2.66. The van der Waals surface area contributed by atoms with Crippen molar-refractivity contribution < 1.29 is 9.31 Å². The zero-order chi connectivity index (χ0) is 16.8. The SMILES string of the molecule is CC1(C)OB(c2cnc(N3CC[C@H](N)C3)c(C#N)c2)OC1(C)C. The molecule has 2 N–H and O–H groups in total. The highest BCUT2D eigenvalue weighted by atomic mass is 16.7. The Kier molecular flexibility index (Phi) is 3.87. The van der Waals surface area contributed by atoms with E-state index >= 15 is 0 Å². The van der Waals surface area contributed by atoms with E-state index in [0.29, 0.717) is 11.4 Å². The molecule has 0 aromatic carbocycles. The van der Waals surface area contributed by atoms with E-state index in [0.717, 1.165) is 25.0 Å². The predicted molar refractivity (Wildman–Crippen MR) is 89.5 cm³/mol. The molecule has 3 rings (SSSR count). The second kappa shape index (κ2) is 5.48. The van der Waals surface area contributed by atoms with Crippen molar-refractivity contribution in [3.63, 3.8) is 0 Å². The van der Waals surface area contributed by atoms with Gasteiger partial charge in [0, 0.05) is 30.8 Å². The minimum Gasteiger partial charge on any atom is -0.399 e.